The summed E-state index contributed by atoms with van der Waals surface area (Å²) in [5.74, 6) is 0.191. The number of rotatable bonds is 5. The monoisotopic (exact) mass is 390 g/mol. The number of hydrogen-bond acceptors (Lipinski definition) is 4. The number of hydrogen-bond donors (Lipinski definition) is 3. The van der Waals surface area contributed by atoms with Crippen molar-refractivity contribution in [2.75, 3.05) is 5.32 Å². The fraction of sp³-hybridized carbons (Fsp3) is 0.0952. The molecule has 28 heavy (non-hydrogen) atoms. The van der Waals surface area contributed by atoms with Crippen molar-refractivity contribution in [3.8, 4) is 11.4 Å². The number of H-pyrrole nitrogens is 1. The Kier molecular flexibility index (Phi) is 4.90. The van der Waals surface area contributed by atoms with E-state index in [4.69, 9.17) is 0 Å². The van der Waals surface area contributed by atoms with E-state index in [0.29, 0.717) is 10.6 Å². The van der Waals surface area contributed by atoms with Crippen molar-refractivity contribution in [1.29, 1.82) is 0 Å². The van der Waals surface area contributed by atoms with Gasteiger partial charge in [0.25, 0.3) is 5.91 Å². The van der Waals surface area contributed by atoms with E-state index in [2.05, 4.69) is 20.6 Å². The van der Waals surface area contributed by atoms with E-state index >= 15 is 0 Å². The highest BCUT2D eigenvalue weighted by atomic mass is 32.1. The Labute approximate surface area is 165 Å². The molecule has 0 aliphatic rings. The number of amides is 2. The SMILES string of the molecule is CC(NC(=O)c1cccs1)C(=O)Nc1cccc(-c2nc3ccccc3[nH]2)c1. The summed E-state index contributed by atoms with van der Waals surface area (Å²) in [7, 11) is 0. The van der Waals surface area contributed by atoms with Crippen LogP contribution in [-0.4, -0.2) is 27.8 Å². The second kappa shape index (κ2) is 7.66. The molecule has 3 N–H and O–H groups in total. The minimum absolute atomic E-state index is 0.256. The molecular formula is C21H18N4O2S. The number of carbonyl (C=O) groups excluding carboxylic acids is 2. The van der Waals surface area contributed by atoms with Gasteiger partial charge < -0.3 is 15.6 Å². The van der Waals surface area contributed by atoms with Crippen LogP contribution in [0.3, 0.4) is 0 Å². The first-order valence-electron chi connectivity index (χ1n) is 8.80. The van der Waals surface area contributed by atoms with Crippen LogP contribution < -0.4 is 10.6 Å². The molecule has 0 aliphatic carbocycles. The highest BCUT2D eigenvalue weighted by Gasteiger charge is 2.17. The van der Waals surface area contributed by atoms with Gasteiger partial charge in [0.15, 0.2) is 0 Å². The van der Waals surface area contributed by atoms with Crippen LogP contribution >= 0.6 is 11.3 Å². The minimum Gasteiger partial charge on any atom is -0.340 e. The third-order valence-corrected chi connectivity index (χ3v) is 5.15. The van der Waals surface area contributed by atoms with E-state index in [9.17, 15) is 9.59 Å². The number of nitrogens with zero attached hydrogens (tertiary/aromatic N) is 1. The smallest absolute Gasteiger partial charge is 0.261 e. The molecule has 0 fully saturated rings. The van der Waals surface area contributed by atoms with Crippen molar-refractivity contribution in [3.05, 3.63) is 70.9 Å². The van der Waals surface area contributed by atoms with Gasteiger partial charge in [-0.25, -0.2) is 4.98 Å². The van der Waals surface area contributed by atoms with E-state index in [1.165, 1.54) is 11.3 Å². The molecule has 1 atom stereocenters. The van der Waals surface area contributed by atoms with Gasteiger partial charge in [0, 0.05) is 11.3 Å². The summed E-state index contributed by atoms with van der Waals surface area (Å²) in [6, 6.07) is 18.1. The quantitative estimate of drug-likeness (QED) is 0.480. The van der Waals surface area contributed by atoms with E-state index in [-0.39, 0.29) is 11.8 Å². The summed E-state index contributed by atoms with van der Waals surface area (Å²) in [5, 5.41) is 7.37. The predicted molar refractivity (Wildman–Crippen MR) is 111 cm³/mol. The molecule has 140 valence electrons. The van der Waals surface area contributed by atoms with Crippen LogP contribution in [-0.2, 0) is 4.79 Å². The Morgan fingerprint density at radius 2 is 1.93 bits per heavy atom. The highest BCUT2D eigenvalue weighted by molar-refractivity contribution is 7.12. The van der Waals surface area contributed by atoms with Gasteiger partial charge in [0.05, 0.1) is 15.9 Å². The van der Waals surface area contributed by atoms with Crippen molar-refractivity contribution in [2.24, 2.45) is 0 Å². The standard InChI is InChI=1S/C21H18N4O2S/c1-13(22-21(27)18-10-5-11-28-18)20(26)23-15-7-4-6-14(12-15)19-24-16-8-2-3-9-17(16)25-19/h2-13H,1H3,(H,22,27)(H,23,26)(H,24,25). The van der Waals surface area contributed by atoms with Crippen LogP contribution in [0.15, 0.2) is 66.0 Å². The normalized spacial score (nSPS) is 11.9. The van der Waals surface area contributed by atoms with E-state index < -0.39 is 6.04 Å². The summed E-state index contributed by atoms with van der Waals surface area (Å²) in [5.41, 5.74) is 3.35. The van der Waals surface area contributed by atoms with Gasteiger partial charge in [0.2, 0.25) is 5.91 Å². The lowest BCUT2D eigenvalue weighted by molar-refractivity contribution is -0.117. The molecule has 1 unspecified atom stereocenters. The lowest BCUT2D eigenvalue weighted by Crippen LogP contribution is -2.41. The first-order chi connectivity index (χ1) is 13.6. The molecule has 0 spiro atoms. The Morgan fingerprint density at radius 3 is 2.71 bits per heavy atom. The average Bonchev–Trinajstić information content (AvgIpc) is 3.38. The molecule has 0 bridgehead atoms. The number of imidazole rings is 1. The van der Waals surface area contributed by atoms with Crippen molar-refractivity contribution in [1.82, 2.24) is 15.3 Å². The van der Waals surface area contributed by atoms with E-state index in [0.717, 1.165) is 22.4 Å². The van der Waals surface area contributed by atoms with Crippen LogP contribution in [0, 0.1) is 0 Å². The summed E-state index contributed by atoms with van der Waals surface area (Å²) in [4.78, 5) is 33.0. The topological polar surface area (TPSA) is 86.9 Å². The third kappa shape index (κ3) is 3.79. The molecular weight excluding hydrogens is 372 g/mol. The predicted octanol–water partition coefficient (Wildman–Crippen LogP) is 4.05. The second-order valence-corrected chi connectivity index (χ2v) is 7.29. The average molecular weight is 390 g/mol. The zero-order valence-electron chi connectivity index (χ0n) is 15.1. The molecule has 6 nitrogen and oxygen atoms in total. The Balaban J connectivity index is 1.46. The van der Waals surface area contributed by atoms with Crippen molar-refractivity contribution >= 4 is 39.9 Å². The largest absolute Gasteiger partial charge is 0.340 e. The molecule has 0 radical (unpaired) electrons. The van der Waals surface area contributed by atoms with Crippen LogP contribution in [0.5, 0.6) is 0 Å². The maximum atomic E-state index is 12.5. The van der Waals surface area contributed by atoms with Gasteiger partial charge in [-0.2, -0.15) is 0 Å². The molecule has 2 amide bonds. The zero-order valence-corrected chi connectivity index (χ0v) is 15.9. The molecule has 4 aromatic rings. The number of anilines is 1. The number of carbonyl (C=O) groups is 2. The molecule has 0 saturated carbocycles. The van der Waals surface area contributed by atoms with Gasteiger partial charge in [-0.1, -0.05) is 30.3 Å². The lowest BCUT2D eigenvalue weighted by Gasteiger charge is -2.14. The van der Waals surface area contributed by atoms with Crippen molar-refractivity contribution in [2.45, 2.75) is 13.0 Å². The molecule has 2 aromatic carbocycles. The molecule has 2 aromatic heterocycles. The first kappa shape index (κ1) is 17.9. The van der Waals surface area contributed by atoms with Crippen LogP contribution in [0.25, 0.3) is 22.4 Å². The number of aromatic nitrogens is 2. The fourth-order valence-corrected chi connectivity index (χ4v) is 3.45. The number of fused-ring (bicyclic) bond motifs is 1. The van der Waals surface area contributed by atoms with E-state index in [1.54, 1.807) is 25.1 Å². The summed E-state index contributed by atoms with van der Waals surface area (Å²) in [6.07, 6.45) is 0. The van der Waals surface area contributed by atoms with E-state index in [1.807, 2.05) is 47.8 Å². The van der Waals surface area contributed by atoms with Crippen LogP contribution in [0.2, 0.25) is 0 Å². The van der Waals surface area contributed by atoms with Gasteiger partial charge in [0.1, 0.15) is 11.9 Å². The number of aromatic amines is 1. The van der Waals surface area contributed by atoms with Gasteiger partial charge >= 0.3 is 0 Å². The van der Waals surface area contributed by atoms with Crippen LogP contribution in [0.4, 0.5) is 5.69 Å². The zero-order chi connectivity index (χ0) is 19.5. The summed E-state index contributed by atoms with van der Waals surface area (Å²) in [6.45, 7) is 1.66. The first-order valence-corrected chi connectivity index (χ1v) is 9.68. The summed E-state index contributed by atoms with van der Waals surface area (Å²) < 4.78 is 0. The molecule has 4 rings (SSSR count). The number of nitrogens with one attached hydrogen (secondary N) is 3. The maximum absolute atomic E-state index is 12.5. The van der Waals surface area contributed by atoms with Gasteiger partial charge in [-0.05, 0) is 42.6 Å². The molecule has 0 aliphatic heterocycles. The Bertz CT molecular complexity index is 1100. The number of para-hydroxylation sites is 2. The molecule has 7 heteroatoms. The lowest BCUT2D eigenvalue weighted by atomic mass is 10.2. The van der Waals surface area contributed by atoms with Gasteiger partial charge in [-0.15, -0.1) is 11.3 Å². The number of benzene rings is 2. The van der Waals surface area contributed by atoms with Gasteiger partial charge in [-0.3, -0.25) is 9.59 Å². The van der Waals surface area contributed by atoms with Crippen LogP contribution in [0.1, 0.15) is 16.6 Å². The maximum Gasteiger partial charge on any atom is 0.261 e. The fourth-order valence-electron chi connectivity index (χ4n) is 2.83. The van der Waals surface area contributed by atoms with Crippen molar-refractivity contribution in [3.63, 3.8) is 0 Å². The highest BCUT2D eigenvalue weighted by Crippen LogP contribution is 2.23. The summed E-state index contributed by atoms with van der Waals surface area (Å²) >= 11 is 1.34. The Hall–Kier alpha value is -3.45. The molecule has 2 heterocycles. The van der Waals surface area contributed by atoms with Crippen molar-refractivity contribution < 1.29 is 9.59 Å². The second-order valence-electron chi connectivity index (χ2n) is 6.35. The third-order valence-electron chi connectivity index (χ3n) is 4.28. The molecule has 0 saturated heterocycles. The number of thiophene rings is 1. The Morgan fingerprint density at radius 1 is 1.07 bits per heavy atom. The minimum atomic E-state index is -0.663.